The minimum absolute atomic E-state index is 0.0467. The zero-order chi connectivity index (χ0) is 17.1. The number of hydrogen-bond acceptors (Lipinski definition) is 3. The average Bonchev–Trinajstić information content (AvgIpc) is 2.58. The number of piperidine rings is 1. The van der Waals surface area contributed by atoms with Gasteiger partial charge in [0.2, 0.25) is 0 Å². The van der Waals surface area contributed by atoms with Crippen molar-refractivity contribution in [2.45, 2.75) is 18.9 Å². The van der Waals surface area contributed by atoms with Crippen LogP contribution in [0.3, 0.4) is 0 Å². The number of nitrogens with zero attached hydrogens (tertiary/aromatic N) is 1. The van der Waals surface area contributed by atoms with Crippen molar-refractivity contribution in [2.75, 3.05) is 25.5 Å². The van der Waals surface area contributed by atoms with Gasteiger partial charge in [-0.3, -0.25) is 4.79 Å². The summed E-state index contributed by atoms with van der Waals surface area (Å²) in [6.07, 6.45) is 1.89. The summed E-state index contributed by atoms with van der Waals surface area (Å²) in [6, 6.07) is 10.0. The molecular weight excluding hydrogens is 310 g/mol. The Kier molecular flexibility index (Phi) is 4.90. The monoisotopic (exact) mass is 330 g/mol. The molecule has 126 valence electrons. The summed E-state index contributed by atoms with van der Waals surface area (Å²) in [7, 11) is 2.07. The summed E-state index contributed by atoms with van der Waals surface area (Å²) in [6.45, 7) is 1.94. The van der Waals surface area contributed by atoms with Gasteiger partial charge in [-0.2, -0.15) is 0 Å². The first-order valence-electron chi connectivity index (χ1n) is 8.08. The number of ketones is 1. The normalized spacial score (nSPS) is 16.1. The van der Waals surface area contributed by atoms with Gasteiger partial charge in [-0.25, -0.2) is 8.78 Å². The van der Waals surface area contributed by atoms with Crippen LogP contribution in [0, 0.1) is 11.6 Å². The molecule has 0 amide bonds. The lowest BCUT2D eigenvalue weighted by Crippen LogP contribution is -2.37. The minimum atomic E-state index is -0.600. The zero-order valence-electron chi connectivity index (χ0n) is 13.6. The van der Waals surface area contributed by atoms with E-state index in [9.17, 15) is 13.6 Å². The Morgan fingerprint density at radius 2 is 1.79 bits per heavy atom. The molecule has 1 aliphatic rings. The van der Waals surface area contributed by atoms with E-state index in [1.807, 2.05) is 0 Å². The van der Waals surface area contributed by atoms with Crippen LogP contribution in [0.5, 0.6) is 0 Å². The number of carbonyl (C=O) groups excluding carboxylic acids is 1. The van der Waals surface area contributed by atoms with Crippen LogP contribution in [0.2, 0.25) is 0 Å². The predicted molar refractivity (Wildman–Crippen MR) is 90.4 cm³/mol. The van der Waals surface area contributed by atoms with E-state index < -0.39 is 17.4 Å². The lowest BCUT2D eigenvalue weighted by molar-refractivity contribution is 0.103. The van der Waals surface area contributed by atoms with Crippen LogP contribution in [-0.4, -0.2) is 36.9 Å². The minimum Gasteiger partial charge on any atom is -0.382 e. The van der Waals surface area contributed by atoms with Gasteiger partial charge >= 0.3 is 0 Å². The summed E-state index contributed by atoms with van der Waals surface area (Å²) < 4.78 is 27.6. The maximum Gasteiger partial charge on any atom is 0.198 e. The first-order valence-corrected chi connectivity index (χ1v) is 8.08. The number of anilines is 1. The molecule has 0 bridgehead atoms. The van der Waals surface area contributed by atoms with E-state index in [4.69, 9.17) is 0 Å². The number of benzene rings is 2. The van der Waals surface area contributed by atoms with Gasteiger partial charge in [-0.15, -0.1) is 0 Å². The molecule has 0 aliphatic carbocycles. The molecule has 5 heteroatoms. The molecule has 3 nitrogen and oxygen atoms in total. The lowest BCUT2D eigenvalue weighted by atomic mass is 9.99. The van der Waals surface area contributed by atoms with Crippen LogP contribution >= 0.6 is 0 Å². The van der Waals surface area contributed by atoms with Gasteiger partial charge in [0.05, 0.1) is 5.56 Å². The number of likely N-dealkylation sites (tertiary alicyclic amines) is 1. The molecule has 0 unspecified atom stereocenters. The Bertz CT molecular complexity index is 740. The molecule has 0 spiro atoms. The van der Waals surface area contributed by atoms with Crippen molar-refractivity contribution in [2.24, 2.45) is 0 Å². The Balaban J connectivity index is 1.88. The third-order valence-electron chi connectivity index (χ3n) is 4.42. The molecule has 1 fully saturated rings. The van der Waals surface area contributed by atoms with E-state index in [1.165, 1.54) is 30.3 Å². The second kappa shape index (κ2) is 7.09. The molecule has 2 aromatic carbocycles. The van der Waals surface area contributed by atoms with Crippen molar-refractivity contribution in [3.8, 4) is 0 Å². The highest BCUT2D eigenvalue weighted by atomic mass is 19.1. The summed E-state index contributed by atoms with van der Waals surface area (Å²) >= 11 is 0. The Morgan fingerprint density at radius 3 is 2.50 bits per heavy atom. The summed E-state index contributed by atoms with van der Waals surface area (Å²) in [5.41, 5.74) is 0.674. The van der Waals surface area contributed by atoms with Crippen LogP contribution in [0.4, 0.5) is 14.5 Å². The molecular formula is C19H20F2N2O. The topological polar surface area (TPSA) is 32.3 Å². The molecule has 3 rings (SSSR count). The largest absolute Gasteiger partial charge is 0.382 e. The van der Waals surface area contributed by atoms with Crippen LogP contribution in [0.25, 0.3) is 0 Å². The standard InChI is InChI=1S/C19H20F2N2O/c1-23-10-8-14(9-11-23)22-18-7-6-13(20)12-16(18)19(24)15-4-2-3-5-17(15)21/h2-7,12,14,22H,8-11H2,1H3. The first kappa shape index (κ1) is 16.6. The van der Waals surface area contributed by atoms with E-state index in [0.717, 1.165) is 25.9 Å². The van der Waals surface area contributed by atoms with Gasteiger partial charge in [-0.05, 0) is 63.3 Å². The van der Waals surface area contributed by atoms with Gasteiger partial charge in [0.25, 0.3) is 0 Å². The van der Waals surface area contributed by atoms with Crippen molar-refractivity contribution in [3.63, 3.8) is 0 Å². The molecule has 1 N–H and O–H groups in total. The predicted octanol–water partition coefficient (Wildman–Crippen LogP) is 3.70. The second-order valence-electron chi connectivity index (χ2n) is 6.22. The molecule has 0 atom stereocenters. The highest BCUT2D eigenvalue weighted by Crippen LogP contribution is 2.24. The summed E-state index contributed by atoms with van der Waals surface area (Å²) in [5.74, 6) is -1.62. The van der Waals surface area contributed by atoms with E-state index in [-0.39, 0.29) is 17.2 Å². The van der Waals surface area contributed by atoms with E-state index >= 15 is 0 Å². The lowest BCUT2D eigenvalue weighted by Gasteiger charge is -2.30. The fraction of sp³-hybridized carbons (Fsp3) is 0.316. The molecule has 2 aromatic rings. The van der Waals surface area contributed by atoms with Gasteiger partial charge in [0, 0.05) is 17.3 Å². The third kappa shape index (κ3) is 3.62. The van der Waals surface area contributed by atoms with Crippen LogP contribution in [0.15, 0.2) is 42.5 Å². The van der Waals surface area contributed by atoms with Crippen molar-refractivity contribution in [3.05, 3.63) is 65.2 Å². The third-order valence-corrected chi connectivity index (χ3v) is 4.42. The van der Waals surface area contributed by atoms with Gasteiger partial charge in [0.15, 0.2) is 5.78 Å². The number of hydrogen-bond donors (Lipinski definition) is 1. The van der Waals surface area contributed by atoms with E-state index in [0.29, 0.717) is 5.69 Å². The van der Waals surface area contributed by atoms with Crippen molar-refractivity contribution < 1.29 is 13.6 Å². The Morgan fingerprint density at radius 1 is 1.08 bits per heavy atom. The zero-order valence-corrected chi connectivity index (χ0v) is 13.6. The molecule has 0 aromatic heterocycles. The summed E-state index contributed by atoms with van der Waals surface area (Å²) in [5, 5.41) is 3.33. The number of nitrogens with one attached hydrogen (secondary N) is 1. The maximum absolute atomic E-state index is 13.9. The number of rotatable bonds is 4. The fourth-order valence-electron chi connectivity index (χ4n) is 2.99. The molecule has 0 saturated carbocycles. The molecule has 1 aliphatic heterocycles. The van der Waals surface area contributed by atoms with Crippen molar-refractivity contribution in [1.29, 1.82) is 0 Å². The number of carbonyl (C=O) groups is 1. The van der Waals surface area contributed by atoms with E-state index in [1.54, 1.807) is 12.1 Å². The fourth-order valence-corrected chi connectivity index (χ4v) is 2.99. The van der Waals surface area contributed by atoms with Gasteiger partial charge in [-0.1, -0.05) is 12.1 Å². The van der Waals surface area contributed by atoms with E-state index in [2.05, 4.69) is 17.3 Å². The average molecular weight is 330 g/mol. The Hall–Kier alpha value is -2.27. The SMILES string of the molecule is CN1CCC(Nc2ccc(F)cc2C(=O)c2ccccc2F)CC1. The summed E-state index contributed by atoms with van der Waals surface area (Å²) in [4.78, 5) is 14.9. The highest BCUT2D eigenvalue weighted by Gasteiger charge is 2.21. The Labute approximate surface area is 140 Å². The number of halogens is 2. The quantitative estimate of drug-likeness (QED) is 0.868. The van der Waals surface area contributed by atoms with Gasteiger partial charge in [0.1, 0.15) is 11.6 Å². The first-order chi connectivity index (χ1) is 11.5. The van der Waals surface area contributed by atoms with Crippen molar-refractivity contribution in [1.82, 2.24) is 4.90 Å². The van der Waals surface area contributed by atoms with Crippen LogP contribution in [0.1, 0.15) is 28.8 Å². The molecule has 24 heavy (non-hydrogen) atoms. The van der Waals surface area contributed by atoms with Crippen LogP contribution < -0.4 is 5.32 Å². The second-order valence-corrected chi connectivity index (χ2v) is 6.22. The highest BCUT2D eigenvalue weighted by molar-refractivity contribution is 6.12. The smallest absolute Gasteiger partial charge is 0.198 e. The van der Waals surface area contributed by atoms with Gasteiger partial charge < -0.3 is 10.2 Å². The molecule has 1 saturated heterocycles. The van der Waals surface area contributed by atoms with Crippen molar-refractivity contribution >= 4 is 11.5 Å². The van der Waals surface area contributed by atoms with Crippen LogP contribution in [-0.2, 0) is 0 Å². The molecule has 0 radical (unpaired) electrons. The molecule has 1 heterocycles. The maximum atomic E-state index is 13.9.